The molecule has 0 bridgehead atoms. The van der Waals surface area contributed by atoms with Crippen LogP contribution in [0.5, 0.6) is 11.5 Å². The number of hydrogen-bond acceptors (Lipinski definition) is 6. The lowest BCUT2D eigenvalue weighted by atomic mass is 10.2. The number of benzene rings is 1. The summed E-state index contributed by atoms with van der Waals surface area (Å²) in [5.41, 5.74) is 1.77. The number of nitrogens with zero attached hydrogens (tertiary/aromatic N) is 5. The maximum absolute atomic E-state index is 13.1. The second kappa shape index (κ2) is 7.03. The average molecular weight is 369 g/mol. The summed E-state index contributed by atoms with van der Waals surface area (Å²) in [6.45, 7) is 3.05. The monoisotopic (exact) mass is 369 g/mol. The van der Waals surface area contributed by atoms with Gasteiger partial charge in [0.1, 0.15) is 5.82 Å². The molecule has 1 aliphatic rings. The number of aromatic nitrogens is 4. The summed E-state index contributed by atoms with van der Waals surface area (Å²) in [4.78, 5) is 24.3. The van der Waals surface area contributed by atoms with Gasteiger partial charge in [-0.15, -0.1) is 0 Å². The van der Waals surface area contributed by atoms with Crippen LogP contribution in [0, 0.1) is 0 Å². The molecular weight excluding hydrogens is 346 g/mol. The van der Waals surface area contributed by atoms with Crippen molar-refractivity contribution >= 4 is 10.9 Å². The van der Waals surface area contributed by atoms with E-state index in [2.05, 4.69) is 9.88 Å². The first-order chi connectivity index (χ1) is 13.1. The highest BCUT2D eigenvalue weighted by molar-refractivity contribution is 5.82. The van der Waals surface area contributed by atoms with Crippen molar-refractivity contribution in [1.29, 1.82) is 0 Å². The van der Waals surface area contributed by atoms with Gasteiger partial charge in [-0.25, -0.2) is 9.97 Å². The summed E-state index contributed by atoms with van der Waals surface area (Å²) in [5.74, 6) is 1.93. The summed E-state index contributed by atoms with van der Waals surface area (Å²) in [6, 6.07) is 3.49. The molecule has 0 radical (unpaired) electrons. The molecule has 8 nitrogen and oxygen atoms in total. The second-order valence-electron chi connectivity index (χ2n) is 6.73. The molecule has 0 fully saturated rings. The summed E-state index contributed by atoms with van der Waals surface area (Å²) in [7, 11) is 5.14. The third-order valence-electron chi connectivity index (χ3n) is 5.13. The maximum Gasteiger partial charge on any atom is 0.261 e. The average Bonchev–Trinajstić information content (AvgIpc) is 2.96. The molecule has 4 rings (SSSR count). The Balaban J connectivity index is 1.68. The molecule has 2 aromatic heterocycles. The van der Waals surface area contributed by atoms with E-state index in [4.69, 9.17) is 14.5 Å². The quantitative estimate of drug-likeness (QED) is 0.688. The van der Waals surface area contributed by atoms with Gasteiger partial charge in [0.2, 0.25) is 0 Å². The molecule has 0 atom stereocenters. The molecule has 0 aliphatic carbocycles. The van der Waals surface area contributed by atoms with Gasteiger partial charge in [-0.2, -0.15) is 0 Å². The van der Waals surface area contributed by atoms with Crippen molar-refractivity contribution in [2.75, 3.05) is 27.3 Å². The maximum atomic E-state index is 13.1. The zero-order chi connectivity index (χ0) is 19.0. The smallest absolute Gasteiger partial charge is 0.261 e. The number of rotatable bonds is 4. The molecule has 3 aromatic rings. The van der Waals surface area contributed by atoms with Gasteiger partial charge < -0.3 is 14.0 Å². The van der Waals surface area contributed by atoms with Crippen molar-refractivity contribution in [1.82, 2.24) is 24.0 Å². The number of imidazole rings is 1. The highest BCUT2D eigenvalue weighted by atomic mass is 16.5. The SMILES string of the molecule is COc1cc2nc3n(c(=O)c2cc1OC)CCN(Cc1cncn1C)CC3. The van der Waals surface area contributed by atoms with Crippen LogP contribution in [0.15, 0.2) is 29.5 Å². The second-order valence-corrected chi connectivity index (χ2v) is 6.73. The zero-order valence-electron chi connectivity index (χ0n) is 15.8. The molecule has 0 spiro atoms. The van der Waals surface area contributed by atoms with Crippen LogP contribution in [0.1, 0.15) is 11.5 Å². The highest BCUT2D eigenvalue weighted by Crippen LogP contribution is 2.30. The van der Waals surface area contributed by atoms with Gasteiger partial charge in [0, 0.05) is 51.9 Å². The van der Waals surface area contributed by atoms with Crippen molar-refractivity contribution in [3.05, 3.63) is 46.5 Å². The summed E-state index contributed by atoms with van der Waals surface area (Å²) in [6.07, 6.45) is 4.41. The lowest BCUT2D eigenvalue weighted by Gasteiger charge is -2.19. The fourth-order valence-corrected chi connectivity index (χ4v) is 3.55. The van der Waals surface area contributed by atoms with Gasteiger partial charge in [0.25, 0.3) is 5.56 Å². The molecule has 142 valence electrons. The summed E-state index contributed by atoms with van der Waals surface area (Å²) >= 11 is 0. The van der Waals surface area contributed by atoms with E-state index in [1.807, 2.05) is 17.8 Å². The Kier molecular flexibility index (Phi) is 4.57. The predicted octanol–water partition coefficient (Wildman–Crippen LogP) is 1.21. The number of ether oxygens (including phenoxy) is 2. The number of aryl methyl sites for hydroxylation is 1. The molecule has 0 saturated heterocycles. The largest absolute Gasteiger partial charge is 0.493 e. The minimum atomic E-state index is -0.0293. The first-order valence-electron chi connectivity index (χ1n) is 8.93. The summed E-state index contributed by atoms with van der Waals surface area (Å²) < 4.78 is 14.5. The Morgan fingerprint density at radius 3 is 2.59 bits per heavy atom. The molecule has 0 saturated carbocycles. The topological polar surface area (TPSA) is 74.4 Å². The molecule has 1 aliphatic heterocycles. The molecule has 0 unspecified atom stereocenters. The molecule has 0 N–H and O–H groups in total. The molecule has 8 heteroatoms. The van der Waals surface area contributed by atoms with Crippen LogP contribution in [-0.2, 0) is 26.6 Å². The van der Waals surface area contributed by atoms with Gasteiger partial charge >= 0.3 is 0 Å². The van der Waals surface area contributed by atoms with Crippen molar-refractivity contribution in [3.63, 3.8) is 0 Å². The first kappa shape index (κ1) is 17.5. The van der Waals surface area contributed by atoms with E-state index < -0.39 is 0 Å². The van der Waals surface area contributed by atoms with Gasteiger partial charge in [-0.05, 0) is 6.07 Å². The van der Waals surface area contributed by atoms with E-state index in [0.717, 1.165) is 37.6 Å². The van der Waals surface area contributed by atoms with E-state index in [1.54, 1.807) is 37.2 Å². The van der Waals surface area contributed by atoms with Crippen LogP contribution in [0.25, 0.3) is 10.9 Å². The Bertz CT molecular complexity index is 1040. The molecule has 27 heavy (non-hydrogen) atoms. The number of methoxy groups -OCH3 is 2. The van der Waals surface area contributed by atoms with E-state index in [0.29, 0.717) is 28.9 Å². The third kappa shape index (κ3) is 3.16. The molecular formula is C19H23N5O3. The van der Waals surface area contributed by atoms with E-state index in [-0.39, 0.29) is 5.56 Å². The summed E-state index contributed by atoms with van der Waals surface area (Å²) in [5, 5.41) is 0.552. The van der Waals surface area contributed by atoms with Gasteiger partial charge in [0.15, 0.2) is 11.5 Å². The van der Waals surface area contributed by atoms with Crippen LogP contribution < -0.4 is 15.0 Å². The fourth-order valence-electron chi connectivity index (χ4n) is 3.55. The Labute approximate surface area is 157 Å². The van der Waals surface area contributed by atoms with Crippen molar-refractivity contribution in [2.24, 2.45) is 7.05 Å². The lowest BCUT2D eigenvalue weighted by molar-refractivity contribution is 0.265. The first-order valence-corrected chi connectivity index (χ1v) is 8.93. The van der Waals surface area contributed by atoms with Gasteiger partial charge in [-0.1, -0.05) is 0 Å². The minimum Gasteiger partial charge on any atom is -0.493 e. The molecule has 3 heterocycles. The van der Waals surface area contributed by atoms with Gasteiger partial charge in [-0.3, -0.25) is 14.3 Å². The zero-order valence-corrected chi connectivity index (χ0v) is 15.8. The van der Waals surface area contributed by atoms with Crippen LogP contribution in [0.4, 0.5) is 0 Å². The van der Waals surface area contributed by atoms with Gasteiger partial charge in [0.05, 0.1) is 37.1 Å². The minimum absolute atomic E-state index is 0.0293. The number of fused-ring (bicyclic) bond motifs is 2. The van der Waals surface area contributed by atoms with E-state index >= 15 is 0 Å². The van der Waals surface area contributed by atoms with Crippen molar-refractivity contribution in [3.8, 4) is 11.5 Å². The van der Waals surface area contributed by atoms with Crippen LogP contribution in [0.2, 0.25) is 0 Å². The molecule has 0 amide bonds. The van der Waals surface area contributed by atoms with E-state index in [1.165, 1.54) is 0 Å². The Morgan fingerprint density at radius 1 is 1.11 bits per heavy atom. The predicted molar refractivity (Wildman–Crippen MR) is 101 cm³/mol. The van der Waals surface area contributed by atoms with E-state index in [9.17, 15) is 4.79 Å². The number of hydrogen-bond donors (Lipinski definition) is 0. The van der Waals surface area contributed by atoms with Crippen molar-refractivity contribution < 1.29 is 9.47 Å². The highest BCUT2D eigenvalue weighted by Gasteiger charge is 2.20. The molecule has 1 aromatic carbocycles. The van der Waals surface area contributed by atoms with Crippen LogP contribution in [-0.4, -0.2) is 51.3 Å². The standard InChI is InChI=1S/C19H23N5O3/c1-22-12-20-10-13(22)11-23-5-4-18-21-15-9-17(27-3)16(26-2)8-14(15)19(25)24(18)7-6-23/h8-10,12H,4-7,11H2,1-3H3. The fraction of sp³-hybridized carbons (Fsp3) is 0.421. The lowest BCUT2D eigenvalue weighted by Crippen LogP contribution is -2.29. The Hall–Kier alpha value is -2.87. The van der Waals surface area contributed by atoms with Crippen LogP contribution in [0.3, 0.4) is 0 Å². The normalized spacial score (nSPS) is 14.8. The van der Waals surface area contributed by atoms with Crippen LogP contribution >= 0.6 is 0 Å². The third-order valence-corrected chi connectivity index (χ3v) is 5.13. The van der Waals surface area contributed by atoms with Crippen molar-refractivity contribution in [2.45, 2.75) is 19.5 Å². The Morgan fingerprint density at radius 2 is 1.89 bits per heavy atom.